The molecule has 0 bridgehead atoms. The normalized spacial score (nSPS) is 15.9. The minimum absolute atomic E-state index is 0.592. The Kier molecular flexibility index (Phi) is 2.29. The van der Waals surface area contributed by atoms with Gasteiger partial charge in [0, 0.05) is 15.8 Å². The predicted molar refractivity (Wildman–Crippen MR) is 66.9 cm³/mol. The number of hydrogen-bond donors (Lipinski definition) is 0. The molecular formula is C11H8Br2N2. The lowest BCUT2D eigenvalue weighted by Crippen LogP contribution is -1.94. The van der Waals surface area contributed by atoms with Crippen LogP contribution < -0.4 is 0 Å². The molecule has 1 aliphatic rings. The van der Waals surface area contributed by atoms with E-state index in [-0.39, 0.29) is 0 Å². The maximum absolute atomic E-state index is 4.58. The molecular weight excluding hydrogens is 320 g/mol. The van der Waals surface area contributed by atoms with Gasteiger partial charge >= 0.3 is 0 Å². The predicted octanol–water partition coefficient (Wildman–Crippen LogP) is 4.03. The first-order valence-electron chi connectivity index (χ1n) is 4.87. The summed E-state index contributed by atoms with van der Waals surface area (Å²) in [6.45, 7) is 0. The van der Waals surface area contributed by atoms with Crippen molar-refractivity contribution in [2.24, 2.45) is 0 Å². The lowest BCUT2D eigenvalue weighted by atomic mass is 10.2. The molecule has 76 valence electrons. The Bertz CT molecular complexity index is 535. The van der Waals surface area contributed by atoms with Crippen LogP contribution in [0.4, 0.5) is 0 Å². The Morgan fingerprint density at radius 3 is 2.67 bits per heavy atom. The third-order valence-corrected chi connectivity index (χ3v) is 3.67. The van der Waals surface area contributed by atoms with Crippen molar-refractivity contribution < 1.29 is 0 Å². The fourth-order valence-corrected chi connectivity index (χ4v) is 2.46. The quantitative estimate of drug-likeness (QED) is 0.739. The molecule has 0 atom stereocenters. The van der Waals surface area contributed by atoms with Crippen LogP contribution >= 0.6 is 31.9 Å². The van der Waals surface area contributed by atoms with E-state index in [1.807, 2.05) is 18.2 Å². The van der Waals surface area contributed by atoms with Crippen LogP contribution in [0.5, 0.6) is 0 Å². The number of nitrogens with zero attached hydrogens (tertiary/aromatic N) is 2. The van der Waals surface area contributed by atoms with Gasteiger partial charge in [-0.25, -0.2) is 9.97 Å². The number of benzene rings is 1. The van der Waals surface area contributed by atoms with Crippen molar-refractivity contribution >= 4 is 42.8 Å². The van der Waals surface area contributed by atoms with E-state index < -0.39 is 0 Å². The molecule has 4 heteroatoms. The van der Waals surface area contributed by atoms with Gasteiger partial charge in [0.1, 0.15) is 10.4 Å². The van der Waals surface area contributed by atoms with Gasteiger partial charge in [0.15, 0.2) is 0 Å². The van der Waals surface area contributed by atoms with Crippen molar-refractivity contribution in [2.45, 2.75) is 18.8 Å². The van der Waals surface area contributed by atoms with Gasteiger partial charge < -0.3 is 0 Å². The molecule has 0 unspecified atom stereocenters. The highest BCUT2D eigenvalue weighted by Gasteiger charge is 2.27. The summed E-state index contributed by atoms with van der Waals surface area (Å²) in [6.07, 6.45) is 2.46. The molecule has 1 heterocycles. The Morgan fingerprint density at radius 1 is 1.13 bits per heavy atom. The van der Waals surface area contributed by atoms with E-state index in [1.165, 1.54) is 12.8 Å². The molecule has 15 heavy (non-hydrogen) atoms. The van der Waals surface area contributed by atoms with E-state index in [0.29, 0.717) is 5.92 Å². The molecule has 2 aromatic rings. The molecule has 1 saturated carbocycles. The standard InChI is InChI=1S/C11H8Br2N2/c12-7-3-4-9-8(5-7)10(13)15-11(14-9)6-1-2-6/h3-6H,1-2H2. The summed E-state index contributed by atoms with van der Waals surface area (Å²) in [6, 6.07) is 6.08. The van der Waals surface area contributed by atoms with E-state index in [0.717, 1.165) is 25.8 Å². The number of halogens is 2. The van der Waals surface area contributed by atoms with Gasteiger partial charge in [-0.05, 0) is 47.0 Å². The van der Waals surface area contributed by atoms with Crippen LogP contribution in [0.3, 0.4) is 0 Å². The third-order valence-electron chi connectivity index (χ3n) is 2.57. The fourth-order valence-electron chi connectivity index (χ4n) is 1.60. The monoisotopic (exact) mass is 326 g/mol. The van der Waals surface area contributed by atoms with Crippen LogP contribution in [-0.4, -0.2) is 9.97 Å². The second-order valence-corrected chi connectivity index (χ2v) is 5.48. The first kappa shape index (κ1) is 9.73. The zero-order valence-corrected chi connectivity index (χ0v) is 11.0. The highest BCUT2D eigenvalue weighted by Crippen LogP contribution is 2.39. The van der Waals surface area contributed by atoms with Gasteiger partial charge in [-0.3, -0.25) is 0 Å². The third kappa shape index (κ3) is 1.81. The number of fused-ring (bicyclic) bond motifs is 1. The van der Waals surface area contributed by atoms with E-state index in [9.17, 15) is 0 Å². The van der Waals surface area contributed by atoms with Crippen molar-refractivity contribution in [1.29, 1.82) is 0 Å². The van der Waals surface area contributed by atoms with E-state index >= 15 is 0 Å². The average Bonchev–Trinajstić information content (AvgIpc) is 3.02. The van der Waals surface area contributed by atoms with Gasteiger partial charge in [0.2, 0.25) is 0 Å². The number of aromatic nitrogens is 2. The van der Waals surface area contributed by atoms with Gasteiger partial charge in [-0.1, -0.05) is 15.9 Å². The maximum Gasteiger partial charge on any atom is 0.133 e. The summed E-state index contributed by atoms with van der Waals surface area (Å²) in [7, 11) is 0. The van der Waals surface area contributed by atoms with Crippen molar-refractivity contribution in [3.05, 3.63) is 33.1 Å². The van der Waals surface area contributed by atoms with E-state index in [2.05, 4.69) is 41.8 Å². The fraction of sp³-hybridized carbons (Fsp3) is 0.273. The second-order valence-electron chi connectivity index (χ2n) is 3.81. The van der Waals surface area contributed by atoms with Gasteiger partial charge in [-0.15, -0.1) is 0 Å². The Morgan fingerprint density at radius 2 is 1.93 bits per heavy atom. The molecule has 2 nitrogen and oxygen atoms in total. The Hall–Kier alpha value is -0.480. The van der Waals surface area contributed by atoms with Crippen LogP contribution in [-0.2, 0) is 0 Å². The van der Waals surface area contributed by atoms with Crippen molar-refractivity contribution in [3.63, 3.8) is 0 Å². The van der Waals surface area contributed by atoms with E-state index in [1.54, 1.807) is 0 Å². The van der Waals surface area contributed by atoms with Crippen LogP contribution in [0.2, 0.25) is 0 Å². The van der Waals surface area contributed by atoms with Gasteiger partial charge in [0.25, 0.3) is 0 Å². The van der Waals surface area contributed by atoms with Gasteiger partial charge in [-0.2, -0.15) is 0 Å². The summed E-state index contributed by atoms with van der Waals surface area (Å²) >= 11 is 6.96. The zero-order valence-electron chi connectivity index (χ0n) is 7.87. The molecule has 0 spiro atoms. The lowest BCUT2D eigenvalue weighted by Gasteiger charge is -2.03. The second kappa shape index (κ2) is 3.52. The van der Waals surface area contributed by atoms with Crippen molar-refractivity contribution in [3.8, 4) is 0 Å². The maximum atomic E-state index is 4.58. The number of rotatable bonds is 1. The molecule has 0 N–H and O–H groups in total. The minimum atomic E-state index is 0.592. The molecule has 0 radical (unpaired) electrons. The Balaban J connectivity index is 2.26. The molecule has 1 aromatic carbocycles. The molecule has 0 aliphatic heterocycles. The SMILES string of the molecule is Brc1ccc2nc(C3CC3)nc(Br)c2c1. The first-order valence-corrected chi connectivity index (χ1v) is 6.45. The summed E-state index contributed by atoms with van der Waals surface area (Å²) in [5, 5.41) is 1.06. The average molecular weight is 328 g/mol. The highest BCUT2D eigenvalue weighted by atomic mass is 79.9. The first-order chi connectivity index (χ1) is 7.24. The van der Waals surface area contributed by atoms with E-state index in [4.69, 9.17) is 0 Å². The van der Waals surface area contributed by atoms with Gasteiger partial charge in [0.05, 0.1) is 5.52 Å². The lowest BCUT2D eigenvalue weighted by molar-refractivity contribution is 0.938. The largest absolute Gasteiger partial charge is 0.233 e. The topological polar surface area (TPSA) is 25.8 Å². The summed E-state index contributed by atoms with van der Waals surface area (Å²) < 4.78 is 1.95. The van der Waals surface area contributed by atoms with Crippen molar-refractivity contribution in [2.75, 3.05) is 0 Å². The minimum Gasteiger partial charge on any atom is -0.233 e. The smallest absolute Gasteiger partial charge is 0.133 e. The van der Waals surface area contributed by atoms with Crippen LogP contribution in [0.1, 0.15) is 24.6 Å². The molecule has 1 aliphatic carbocycles. The zero-order chi connectivity index (χ0) is 10.4. The van der Waals surface area contributed by atoms with Crippen LogP contribution in [0.25, 0.3) is 10.9 Å². The molecule has 3 rings (SSSR count). The van der Waals surface area contributed by atoms with Crippen molar-refractivity contribution in [1.82, 2.24) is 9.97 Å². The summed E-state index contributed by atoms with van der Waals surface area (Å²) in [4.78, 5) is 9.07. The molecule has 0 amide bonds. The summed E-state index contributed by atoms with van der Waals surface area (Å²) in [5.41, 5.74) is 1.02. The molecule has 1 aromatic heterocycles. The van der Waals surface area contributed by atoms with Crippen LogP contribution in [0.15, 0.2) is 27.3 Å². The molecule has 0 saturated heterocycles. The van der Waals surface area contributed by atoms with Crippen LogP contribution in [0, 0.1) is 0 Å². The summed E-state index contributed by atoms with van der Waals surface area (Å²) in [5.74, 6) is 1.58. The highest BCUT2D eigenvalue weighted by molar-refractivity contribution is 9.11. The Labute approximate surface area is 104 Å². The number of hydrogen-bond acceptors (Lipinski definition) is 2. The molecule has 1 fully saturated rings.